The van der Waals surface area contributed by atoms with E-state index in [1.165, 1.54) is 24.3 Å². The summed E-state index contributed by atoms with van der Waals surface area (Å²) in [7, 11) is 0. The van der Waals surface area contributed by atoms with Gasteiger partial charge in [-0.3, -0.25) is 10.1 Å². The van der Waals surface area contributed by atoms with Crippen molar-refractivity contribution in [1.29, 1.82) is 0 Å². The zero-order valence-corrected chi connectivity index (χ0v) is 13.8. The molecular weight excluding hydrogens is 334 g/mol. The van der Waals surface area contributed by atoms with E-state index in [1.807, 2.05) is 35.0 Å². The zero-order chi connectivity index (χ0) is 18.4. The Kier molecular flexibility index (Phi) is 5.23. The van der Waals surface area contributed by atoms with Crippen LogP contribution >= 0.6 is 0 Å². The number of rotatable bonds is 6. The highest BCUT2D eigenvalue weighted by atomic mass is 16.6. The fourth-order valence-electron chi connectivity index (χ4n) is 2.38. The Labute approximate surface area is 149 Å². The summed E-state index contributed by atoms with van der Waals surface area (Å²) in [6.45, 7) is 1.12. The Hall–Kier alpha value is -3.68. The number of urea groups is 1. The third-order valence-corrected chi connectivity index (χ3v) is 3.74. The molecule has 3 aromatic rings. The van der Waals surface area contributed by atoms with Gasteiger partial charge >= 0.3 is 6.03 Å². The van der Waals surface area contributed by atoms with Crippen molar-refractivity contribution in [3.05, 3.63) is 88.5 Å². The number of carbonyl (C=O) groups excluding carboxylic acids is 1. The molecule has 1 aromatic heterocycles. The van der Waals surface area contributed by atoms with Crippen LogP contribution in [0.15, 0.2) is 67.3 Å². The minimum absolute atomic E-state index is 0.0215. The molecule has 0 aliphatic heterocycles. The molecule has 0 aliphatic carbocycles. The van der Waals surface area contributed by atoms with Crippen molar-refractivity contribution in [3.8, 4) is 0 Å². The van der Waals surface area contributed by atoms with Crippen molar-refractivity contribution >= 4 is 17.4 Å². The molecule has 2 aromatic carbocycles. The summed E-state index contributed by atoms with van der Waals surface area (Å²) in [5, 5.41) is 16.0. The number of nitrogens with one attached hydrogen (secondary N) is 2. The molecule has 0 saturated carbocycles. The summed E-state index contributed by atoms with van der Waals surface area (Å²) in [4.78, 5) is 26.0. The molecular formula is C18H17N5O3. The molecule has 132 valence electrons. The highest BCUT2D eigenvalue weighted by molar-refractivity contribution is 5.89. The Morgan fingerprint density at radius 1 is 1.08 bits per heavy atom. The number of nitro benzene ring substituents is 1. The van der Waals surface area contributed by atoms with Crippen molar-refractivity contribution in [2.75, 3.05) is 5.32 Å². The van der Waals surface area contributed by atoms with Crippen LogP contribution in [0, 0.1) is 10.1 Å². The smallest absolute Gasteiger partial charge is 0.319 e. The molecule has 0 unspecified atom stereocenters. The summed E-state index contributed by atoms with van der Waals surface area (Å²) in [6.07, 6.45) is 5.40. The summed E-state index contributed by atoms with van der Waals surface area (Å²) in [5.41, 5.74) is 2.58. The Balaban J connectivity index is 1.48. The van der Waals surface area contributed by atoms with E-state index in [9.17, 15) is 14.9 Å². The van der Waals surface area contributed by atoms with Crippen molar-refractivity contribution < 1.29 is 9.72 Å². The standard InChI is InChI=1S/C18H17N5O3/c24-18(21-16-5-7-17(8-6-16)23(25)26)20-11-14-1-3-15(4-2-14)12-22-10-9-19-13-22/h1-10,13H,11-12H2,(H2,20,21,24). The van der Waals surface area contributed by atoms with Crippen molar-refractivity contribution in [2.24, 2.45) is 0 Å². The monoisotopic (exact) mass is 351 g/mol. The maximum atomic E-state index is 11.9. The van der Waals surface area contributed by atoms with Gasteiger partial charge in [-0.05, 0) is 23.3 Å². The lowest BCUT2D eigenvalue weighted by molar-refractivity contribution is -0.384. The fraction of sp³-hybridized carbons (Fsp3) is 0.111. The second-order valence-electron chi connectivity index (χ2n) is 5.66. The van der Waals surface area contributed by atoms with Gasteiger partial charge in [-0.2, -0.15) is 0 Å². The van der Waals surface area contributed by atoms with Gasteiger partial charge in [0.25, 0.3) is 5.69 Å². The van der Waals surface area contributed by atoms with E-state index in [-0.39, 0.29) is 11.7 Å². The summed E-state index contributed by atoms with van der Waals surface area (Å²) < 4.78 is 1.98. The van der Waals surface area contributed by atoms with E-state index in [1.54, 1.807) is 12.5 Å². The maximum absolute atomic E-state index is 11.9. The summed E-state index contributed by atoms with van der Waals surface area (Å²) >= 11 is 0. The number of imidazole rings is 1. The number of amides is 2. The Bertz CT molecular complexity index is 874. The molecule has 8 nitrogen and oxygen atoms in total. The van der Waals surface area contributed by atoms with Gasteiger partial charge in [0, 0.05) is 43.3 Å². The zero-order valence-electron chi connectivity index (χ0n) is 13.8. The van der Waals surface area contributed by atoms with Crippen molar-refractivity contribution in [1.82, 2.24) is 14.9 Å². The number of carbonyl (C=O) groups is 1. The number of non-ortho nitro benzene ring substituents is 1. The SMILES string of the molecule is O=C(NCc1ccc(Cn2ccnc2)cc1)Nc1ccc([N+](=O)[O-])cc1. The molecule has 0 spiro atoms. The molecule has 0 aliphatic rings. The molecule has 26 heavy (non-hydrogen) atoms. The molecule has 3 rings (SSSR count). The topological polar surface area (TPSA) is 102 Å². The van der Waals surface area contributed by atoms with E-state index in [4.69, 9.17) is 0 Å². The summed E-state index contributed by atoms with van der Waals surface area (Å²) in [5.74, 6) is 0. The minimum atomic E-state index is -0.486. The van der Waals surface area contributed by atoms with Crippen LogP contribution in [0.1, 0.15) is 11.1 Å². The lowest BCUT2D eigenvalue weighted by atomic mass is 10.1. The normalized spacial score (nSPS) is 10.3. The van der Waals surface area contributed by atoms with Crippen molar-refractivity contribution in [2.45, 2.75) is 13.1 Å². The van der Waals surface area contributed by atoms with Crippen LogP contribution in [0.2, 0.25) is 0 Å². The molecule has 0 fully saturated rings. The number of hydrogen-bond donors (Lipinski definition) is 2. The van der Waals surface area contributed by atoms with Crippen LogP contribution < -0.4 is 10.6 Å². The van der Waals surface area contributed by atoms with Crippen LogP contribution in [-0.4, -0.2) is 20.5 Å². The molecule has 8 heteroatoms. The molecule has 2 amide bonds. The van der Waals surface area contributed by atoms with Gasteiger partial charge in [-0.25, -0.2) is 9.78 Å². The third-order valence-electron chi connectivity index (χ3n) is 3.74. The Morgan fingerprint density at radius 3 is 2.38 bits per heavy atom. The fourth-order valence-corrected chi connectivity index (χ4v) is 2.38. The summed E-state index contributed by atoms with van der Waals surface area (Å²) in [6, 6.07) is 13.2. The first kappa shape index (κ1) is 17.2. The second kappa shape index (κ2) is 7.93. The first-order valence-corrected chi connectivity index (χ1v) is 7.93. The van der Waals surface area contributed by atoms with E-state index in [2.05, 4.69) is 15.6 Å². The number of nitro groups is 1. The molecule has 0 radical (unpaired) electrons. The molecule has 0 saturated heterocycles. The lowest BCUT2D eigenvalue weighted by Gasteiger charge is -2.08. The van der Waals surface area contributed by atoms with Crippen LogP contribution in [0.25, 0.3) is 0 Å². The Morgan fingerprint density at radius 2 is 1.77 bits per heavy atom. The average molecular weight is 351 g/mol. The van der Waals surface area contributed by atoms with Crippen LogP contribution in [-0.2, 0) is 13.1 Å². The van der Waals surface area contributed by atoms with Gasteiger partial charge < -0.3 is 15.2 Å². The van der Waals surface area contributed by atoms with Gasteiger partial charge in [-0.1, -0.05) is 24.3 Å². The van der Waals surface area contributed by atoms with Gasteiger partial charge in [0.1, 0.15) is 0 Å². The second-order valence-corrected chi connectivity index (χ2v) is 5.66. The van der Waals surface area contributed by atoms with Gasteiger partial charge in [-0.15, -0.1) is 0 Å². The predicted octanol–water partition coefficient (Wildman–Crippen LogP) is 3.16. The maximum Gasteiger partial charge on any atom is 0.319 e. The van der Waals surface area contributed by atoms with Crippen LogP contribution in [0.4, 0.5) is 16.2 Å². The van der Waals surface area contributed by atoms with Gasteiger partial charge in [0.2, 0.25) is 0 Å². The predicted molar refractivity (Wildman–Crippen MR) is 96.7 cm³/mol. The number of nitrogens with zero attached hydrogens (tertiary/aromatic N) is 3. The molecule has 0 atom stereocenters. The first-order chi connectivity index (χ1) is 12.6. The third kappa shape index (κ3) is 4.67. The van der Waals surface area contributed by atoms with E-state index in [0.717, 1.165) is 17.7 Å². The number of hydrogen-bond acceptors (Lipinski definition) is 4. The number of anilines is 1. The van der Waals surface area contributed by atoms with Crippen LogP contribution in [0.5, 0.6) is 0 Å². The van der Waals surface area contributed by atoms with Crippen LogP contribution in [0.3, 0.4) is 0 Å². The van der Waals surface area contributed by atoms with Gasteiger partial charge in [0.05, 0.1) is 11.3 Å². The van der Waals surface area contributed by atoms with E-state index < -0.39 is 4.92 Å². The van der Waals surface area contributed by atoms with E-state index in [0.29, 0.717) is 12.2 Å². The number of benzene rings is 2. The quantitative estimate of drug-likeness (QED) is 0.526. The van der Waals surface area contributed by atoms with Gasteiger partial charge in [0.15, 0.2) is 0 Å². The largest absolute Gasteiger partial charge is 0.334 e. The lowest BCUT2D eigenvalue weighted by Crippen LogP contribution is -2.28. The molecule has 2 N–H and O–H groups in total. The highest BCUT2D eigenvalue weighted by Gasteiger charge is 2.06. The van der Waals surface area contributed by atoms with E-state index >= 15 is 0 Å². The minimum Gasteiger partial charge on any atom is -0.334 e. The van der Waals surface area contributed by atoms with Crippen molar-refractivity contribution in [3.63, 3.8) is 0 Å². The highest BCUT2D eigenvalue weighted by Crippen LogP contribution is 2.15. The molecule has 0 bridgehead atoms. The average Bonchev–Trinajstić information content (AvgIpc) is 3.15. The number of aromatic nitrogens is 2. The molecule has 1 heterocycles. The first-order valence-electron chi connectivity index (χ1n) is 7.93.